The first kappa shape index (κ1) is 24.6. The van der Waals surface area contributed by atoms with Crippen LogP contribution in [-0.4, -0.2) is 74.0 Å². The van der Waals surface area contributed by atoms with Crippen molar-refractivity contribution in [3.05, 3.63) is 29.3 Å². The Morgan fingerprint density at radius 2 is 1.73 bits per heavy atom. The monoisotopic (exact) mass is 477 g/mol. The van der Waals surface area contributed by atoms with Crippen molar-refractivity contribution in [1.82, 2.24) is 14.5 Å². The molecule has 0 aromatic heterocycles. The van der Waals surface area contributed by atoms with Gasteiger partial charge in [0.05, 0.1) is 17.1 Å². The number of carbonyl (C=O) groups is 1. The fourth-order valence-electron chi connectivity index (χ4n) is 5.45. The van der Waals surface area contributed by atoms with Crippen LogP contribution in [0.15, 0.2) is 23.1 Å². The average molecular weight is 478 g/mol. The van der Waals surface area contributed by atoms with Gasteiger partial charge >= 0.3 is 0 Å². The molecule has 3 aliphatic rings. The van der Waals surface area contributed by atoms with Crippen molar-refractivity contribution in [2.24, 2.45) is 5.92 Å². The number of morpholine rings is 1. The lowest BCUT2D eigenvalue weighted by Gasteiger charge is -2.45. The summed E-state index contributed by atoms with van der Waals surface area (Å²) < 4.78 is 33.7. The number of carbonyl (C=O) groups excluding carboxylic acids is 1. The summed E-state index contributed by atoms with van der Waals surface area (Å²) in [6.07, 6.45) is 4.57. The molecule has 0 bridgehead atoms. The molecule has 33 heavy (non-hydrogen) atoms. The summed E-state index contributed by atoms with van der Waals surface area (Å²) in [6, 6.07) is 5.56. The molecular weight excluding hydrogens is 438 g/mol. The summed E-state index contributed by atoms with van der Waals surface area (Å²) in [5.41, 5.74) is 2.27. The van der Waals surface area contributed by atoms with Crippen LogP contribution < -0.4 is 5.32 Å². The van der Waals surface area contributed by atoms with Crippen LogP contribution in [-0.2, 0) is 32.4 Å². The number of fused-ring (bicyclic) bond motifs is 1. The van der Waals surface area contributed by atoms with Crippen LogP contribution >= 0.6 is 0 Å². The van der Waals surface area contributed by atoms with E-state index in [1.54, 1.807) is 10.4 Å². The Balaban J connectivity index is 1.30. The Hall–Kier alpha value is -1.48. The largest absolute Gasteiger partial charge is 0.373 e. The number of piperidine rings is 1. The zero-order valence-corrected chi connectivity index (χ0v) is 21.3. The van der Waals surface area contributed by atoms with E-state index in [-0.39, 0.29) is 29.6 Å². The number of aryl methyl sites for hydroxylation is 2. The lowest BCUT2D eigenvalue weighted by Crippen LogP contribution is -2.59. The van der Waals surface area contributed by atoms with Crippen LogP contribution in [0.5, 0.6) is 0 Å². The van der Waals surface area contributed by atoms with E-state index in [2.05, 4.69) is 37.9 Å². The second-order valence-corrected chi connectivity index (χ2v) is 12.6. The topological polar surface area (TPSA) is 79.0 Å². The Morgan fingerprint density at radius 3 is 2.39 bits per heavy atom. The second-order valence-electron chi connectivity index (χ2n) is 10.7. The van der Waals surface area contributed by atoms with E-state index in [1.165, 1.54) is 5.56 Å². The summed E-state index contributed by atoms with van der Waals surface area (Å²) in [7, 11) is -3.51. The van der Waals surface area contributed by atoms with Crippen molar-refractivity contribution in [2.75, 3.05) is 32.7 Å². The molecule has 7 nitrogen and oxygen atoms in total. The first-order chi connectivity index (χ1) is 15.6. The number of nitrogens with one attached hydrogen (secondary N) is 1. The van der Waals surface area contributed by atoms with Gasteiger partial charge in [0.1, 0.15) is 0 Å². The number of sulfonamides is 1. The quantitative estimate of drug-likeness (QED) is 0.681. The molecule has 0 saturated carbocycles. The van der Waals surface area contributed by atoms with Gasteiger partial charge in [-0.25, -0.2) is 8.42 Å². The van der Waals surface area contributed by atoms with E-state index >= 15 is 0 Å². The van der Waals surface area contributed by atoms with Gasteiger partial charge in [0.15, 0.2) is 0 Å². The highest BCUT2D eigenvalue weighted by Crippen LogP contribution is 2.29. The molecule has 1 aliphatic carbocycles. The highest BCUT2D eigenvalue weighted by atomic mass is 32.2. The zero-order chi connectivity index (χ0) is 23.8. The van der Waals surface area contributed by atoms with Gasteiger partial charge in [-0.2, -0.15) is 4.31 Å². The summed E-state index contributed by atoms with van der Waals surface area (Å²) in [5.74, 6) is -0.109. The predicted molar refractivity (Wildman–Crippen MR) is 129 cm³/mol. The molecule has 2 aliphatic heterocycles. The van der Waals surface area contributed by atoms with Gasteiger partial charge in [0.2, 0.25) is 15.9 Å². The standard InChI is InChI=1S/C25H39N3O4S/c1-18-15-27(16-19(2)32-18)25(3,4)17-26-24(29)21-10-12-28(13-11-21)33(30,31)23-9-8-20-6-5-7-22(20)14-23/h8-9,14,18-19,21H,5-7,10-13,15-17H2,1-4H3,(H,26,29). The van der Waals surface area contributed by atoms with Gasteiger partial charge in [-0.3, -0.25) is 9.69 Å². The van der Waals surface area contributed by atoms with Crippen molar-refractivity contribution in [1.29, 1.82) is 0 Å². The predicted octanol–water partition coefficient (Wildman–Crippen LogP) is 2.58. The molecule has 2 unspecified atom stereocenters. The number of hydrogen-bond acceptors (Lipinski definition) is 5. The van der Waals surface area contributed by atoms with Crippen LogP contribution in [0, 0.1) is 5.92 Å². The second kappa shape index (κ2) is 9.64. The Morgan fingerprint density at radius 1 is 1.09 bits per heavy atom. The molecule has 1 aromatic carbocycles. The fraction of sp³-hybridized carbons (Fsp3) is 0.720. The molecule has 8 heteroatoms. The molecule has 1 amide bonds. The van der Waals surface area contributed by atoms with Crippen LogP contribution in [0.4, 0.5) is 0 Å². The molecule has 2 fully saturated rings. The highest BCUT2D eigenvalue weighted by molar-refractivity contribution is 7.89. The van der Waals surface area contributed by atoms with Gasteiger partial charge in [-0.15, -0.1) is 0 Å². The molecule has 1 N–H and O–H groups in total. The maximum Gasteiger partial charge on any atom is 0.243 e. The average Bonchev–Trinajstić information content (AvgIpc) is 3.25. The van der Waals surface area contributed by atoms with Gasteiger partial charge < -0.3 is 10.1 Å². The molecule has 2 saturated heterocycles. The fourth-order valence-corrected chi connectivity index (χ4v) is 6.97. The lowest BCUT2D eigenvalue weighted by molar-refractivity contribution is -0.127. The van der Waals surface area contributed by atoms with Crippen molar-refractivity contribution in [3.63, 3.8) is 0 Å². The van der Waals surface area contributed by atoms with E-state index in [9.17, 15) is 13.2 Å². The summed E-state index contributed by atoms with van der Waals surface area (Å²) in [5, 5.41) is 3.14. The Kier molecular flexibility index (Phi) is 7.20. The third kappa shape index (κ3) is 5.45. The van der Waals surface area contributed by atoms with Crippen molar-refractivity contribution >= 4 is 15.9 Å². The van der Waals surface area contributed by atoms with Gasteiger partial charge in [0.25, 0.3) is 0 Å². The smallest absolute Gasteiger partial charge is 0.243 e. The zero-order valence-electron chi connectivity index (χ0n) is 20.5. The number of benzene rings is 1. The molecule has 0 radical (unpaired) electrons. The van der Waals surface area contributed by atoms with Gasteiger partial charge in [-0.05, 0) is 83.1 Å². The number of ether oxygens (including phenoxy) is 1. The van der Waals surface area contributed by atoms with Crippen LogP contribution in [0.25, 0.3) is 0 Å². The maximum atomic E-state index is 13.2. The van der Waals surface area contributed by atoms with Crippen LogP contribution in [0.1, 0.15) is 58.1 Å². The first-order valence-electron chi connectivity index (χ1n) is 12.4. The summed E-state index contributed by atoms with van der Waals surface area (Å²) >= 11 is 0. The van der Waals surface area contributed by atoms with Crippen LogP contribution in [0.2, 0.25) is 0 Å². The number of nitrogens with zero attached hydrogens (tertiary/aromatic N) is 2. The summed E-state index contributed by atoms with van der Waals surface area (Å²) in [4.78, 5) is 15.7. The van der Waals surface area contributed by atoms with Crippen LogP contribution in [0.3, 0.4) is 0 Å². The number of rotatable bonds is 6. The highest BCUT2D eigenvalue weighted by Gasteiger charge is 2.36. The van der Waals surface area contributed by atoms with E-state index in [4.69, 9.17) is 4.74 Å². The Labute approximate surface area is 198 Å². The van der Waals surface area contributed by atoms with Crippen molar-refractivity contribution < 1.29 is 17.9 Å². The molecule has 2 atom stereocenters. The summed E-state index contributed by atoms with van der Waals surface area (Å²) in [6.45, 7) is 11.5. The third-order valence-electron chi connectivity index (χ3n) is 7.50. The maximum absolute atomic E-state index is 13.2. The van der Waals surface area contributed by atoms with E-state index in [1.807, 2.05) is 12.1 Å². The van der Waals surface area contributed by atoms with E-state index in [0.717, 1.165) is 37.9 Å². The molecule has 1 aromatic rings. The van der Waals surface area contributed by atoms with Crippen molar-refractivity contribution in [3.8, 4) is 0 Å². The SMILES string of the molecule is CC1CN(C(C)(C)CNC(=O)C2CCN(S(=O)(=O)c3ccc4c(c3)CCC4)CC2)CC(C)O1. The Bertz CT molecular complexity index is 960. The normalized spacial score (nSPS) is 25.7. The molecule has 184 valence electrons. The minimum absolute atomic E-state index is 0.0343. The van der Waals surface area contributed by atoms with E-state index in [0.29, 0.717) is 37.4 Å². The number of amides is 1. The molecule has 4 rings (SSSR count). The van der Waals surface area contributed by atoms with Gasteiger partial charge in [-0.1, -0.05) is 6.07 Å². The molecule has 2 heterocycles. The molecule has 0 spiro atoms. The van der Waals surface area contributed by atoms with E-state index < -0.39 is 10.0 Å². The molecular formula is C25H39N3O4S. The first-order valence-corrected chi connectivity index (χ1v) is 13.8. The minimum atomic E-state index is -3.51. The minimum Gasteiger partial charge on any atom is -0.373 e. The van der Waals surface area contributed by atoms with Crippen molar-refractivity contribution in [2.45, 2.75) is 82.4 Å². The third-order valence-corrected chi connectivity index (χ3v) is 9.40. The lowest BCUT2D eigenvalue weighted by atomic mass is 9.95. The van der Waals surface area contributed by atoms with Gasteiger partial charge in [0, 0.05) is 44.2 Å². The number of hydrogen-bond donors (Lipinski definition) is 1.